The number of likely N-dealkylation sites (N-methyl/N-ethyl adjacent to an activating group) is 1. The van der Waals surface area contributed by atoms with Crippen LogP contribution in [-0.4, -0.2) is 38.5 Å². The molecule has 0 unspecified atom stereocenters. The number of phenols is 1. The van der Waals surface area contributed by atoms with Gasteiger partial charge < -0.3 is 15.0 Å². The van der Waals surface area contributed by atoms with Gasteiger partial charge in [0.25, 0.3) is 5.56 Å². The number of carbonyl (C=O) groups is 2. The van der Waals surface area contributed by atoms with E-state index in [0.29, 0.717) is 18.8 Å². The molecule has 3 heterocycles. The summed E-state index contributed by atoms with van der Waals surface area (Å²) >= 11 is 0. The van der Waals surface area contributed by atoms with Crippen LogP contribution in [0, 0.1) is 11.6 Å². The zero-order valence-electron chi connectivity index (χ0n) is 15.3. The normalized spacial score (nSPS) is 12.9. The Labute approximate surface area is 162 Å². The number of amides is 1. The maximum Gasteiger partial charge on any atom is 0.263 e. The molecule has 0 saturated heterocycles. The lowest BCUT2D eigenvalue weighted by atomic mass is 10.0. The van der Waals surface area contributed by atoms with Crippen LogP contribution in [0.15, 0.2) is 17.1 Å². The molecule has 2 N–H and O–H groups in total. The van der Waals surface area contributed by atoms with Gasteiger partial charge in [0.2, 0.25) is 11.7 Å². The first kappa shape index (κ1) is 18.8. The molecule has 2 aromatic heterocycles. The molecule has 8 nitrogen and oxygen atoms in total. The van der Waals surface area contributed by atoms with E-state index in [1.54, 1.807) is 0 Å². The van der Waals surface area contributed by atoms with Crippen molar-refractivity contribution in [3.05, 3.63) is 45.6 Å². The number of hydrogen-bond acceptors (Lipinski definition) is 5. The lowest BCUT2D eigenvalue weighted by Gasteiger charge is -2.08. The Morgan fingerprint density at radius 1 is 1.34 bits per heavy atom. The van der Waals surface area contributed by atoms with Gasteiger partial charge in [-0.05, 0) is 12.5 Å². The minimum atomic E-state index is -1.59. The summed E-state index contributed by atoms with van der Waals surface area (Å²) in [5.41, 5.74) is -1.11. The highest BCUT2D eigenvalue weighted by atomic mass is 19.2. The van der Waals surface area contributed by atoms with Gasteiger partial charge in [0.05, 0.1) is 10.9 Å². The number of aryl methyl sites for hydroxylation is 1. The highest BCUT2D eigenvalue weighted by Crippen LogP contribution is 2.35. The van der Waals surface area contributed by atoms with Crippen LogP contribution in [0.5, 0.6) is 5.75 Å². The Morgan fingerprint density at radius 3 is 2.79 bits per heavy atom. The van der Waals surface area contributed by atoms with Crippen LogP contribution in [0.3, 0.4) is 0 Å². The van der Waals surface area contributed by atoms with Gasteiger partial charge in [0, 0.05) is 37.3 Å². The summed E-state index contributed by atoms with van der Waals surface area (Å²) in [6, 6.07) is 0.969. The molecule has 3 aromatic rings. The molecule has 4 rings (SSSR count). The molecule has 0 atom stereocenters. The van der Waals surface area contributed by atoms with Crippen molar-refractivity contribution in [2.75, 3.05) is 7.05 Å². The lowest BCUT2D eigenvalue weighted by Crippen LogP contribution is -2.24. The van der Waals surface area contributed by atoms with Gasteiger partial charge in [-0.1, -0.05) is 0 Å². The van der Waals surface area contributed by atoms with E-state index in [1.807, 2.05) is 0 Å². The first-order valence-electron chi connectivity index (χ1n) is 8.87. The quantitative estimate of drug-likeness (QED) is 0.641. The van der Waals surface area contributed by atoms with Crippen molar-refractivity contribution < 1.29 is 23.5 Å². The summed E-state index contributed by atoms with van der Waals surface area (Å²) in [5, 5.41) is 12.1. The molecular weight excluding hydrogens is 386 g/mol. The number of carbonyl (C=O) groups excluding carboxylic acids is 2. The highest BCUT2D eigenvalue weighted by Gasteiger charge is 2.26. The van der Waals surface area contributed by atoms with Gasteiger partial charge in [-0.2, -0.15) is 4.39 Å². The Bertz CT molecular complexity index is 1250. The highest BCUT2D eigenvalue weighted by molar-refractivity contribution is 5.96. The van der Waals surface area contributed by atoms with Crippen LogP contribution in [0.4, 0.5) is 8.78 Å². The second kappa shape index (κ2) is 6.80. The lowest BCUT2D eigenvalue weighted by molar-refractivity contribution is -0.121. The Balaban J connectivity index is 2.08. The molecule has 10 heteroatoms. The number of aromatic nitrogens is 3. The van der Waals surface area contributed by atoms with E-state index in [0.717, 1.165) is 12.5 Å². The van der Waals surface area contributed by atoms with Gasteiger partial charge in [-0.15, -0.1) is 0 Å². The molecule has 0 radical (unpaired) electrons. The number of hydrogen-bond donors (Lipinski definition) is 2. The van der Waals surface area contributed by atoms with Gasteiger partial charge in [0.1, 0.15) is 18.0 Å². The number of aromatic hydroxyl groups is 1. The third-order valence-electron chi connectivity index (χ3n) is 5.06. The van der Waals surface area contributed by atoms with E-state index in [4.69, 9.17) is 0 Å². The first-order chi connectivity index (χ1) is 13.9. The number of nitrogens with one attached hydrogen (secondary N) is 1. The second-order valence-corrected chi connectivity index (χ2v) is 6.74. The third kappa shape index (κ3) is 2.79. The molecule has 0 fully saturated rings. The van der Waals surface area contributed by atoms with Crippen molar-refractivity contribution in [3.63, 3.8) is 0 Å². The topological polar surface area (TPSA) is 106 Å². The van der Waals surface area contributed by atoms with Crippen molar-refractivity contribution in [1.29, 1.82) is 0 Å². The molecule has 1 aromatic carbocycles. The summed E-state index contributed by atoms with van der Waals surface area (Å²) in [7, 11) is 1.44. The van der Waals surface area contributed by atoms with Crippen molar-refractivity contribution >= 4 is 23.2 Å². The molecule has 1 aliphatic rings. The second-order valence-electron chi connectivity index (χ2n) is 6.74. The van der Waals surface area contributed by atoms with Gasteiger partial charge in [0.15, 0.2) is 17.9 Å². The molecule has 0 aliphatic carbocycles. The molecular formula is C19H16F2N4O4. The van der Waals surface area contributed by atoms with Crippen molar-refractivity contribution in [2.24, 2.45) is 0 Å². The molecule has 0 spiro atoms. The predicted molar refractivity (Wildman–Crippen MR) is 98.8 cm³/mol. The van der Waals surface area contributed by atoms with Crippen LogP contribution in [0.1, 0.15) is 22.6 Å². The van der Waals surface area contributed by atoms with E-state index < -0.39 is 28.5 Å². The summed E-state index contributed by atoms with van der Waals surface area (Å²) in [6.07, 6.45) is 2.82. The van der Waals surface area contributed by atoms with Crippen molar-refractivity contribution in [2.45, 2.75) is 25.9 Å². The van der Waals surface area contributed by atoms with E-state index in [1.165, 1.54) is 22.4 Å². The number of benzene rings is 1. The predicted octanol–water partition coefficient (Wildman–Crippen LogP) is 1.35. The zero-order chi connectivity index (χ0) is 20.9. The number of phenolic OH excluding ortho intramolecular Hbond substituents is 1. The number of nitrogens with zero attached hydrogens (tertiary/aromatic N) is 3. The minimum Gasteiger partial charge on any atom is -0.504 e. The summed E-state index contributed by atoms with van der Waals surface area (Å²) in [5.74, 6) is -3.92. The van der Waals surface area contributed by atoms with E-state index in [9.17, 15) is 28.3 Å². The number of fused-ring (bicyclic) bond motifs is 2. The number of rotatable bonds is 4. The summed E-state index contributed by atoms with van der Waals surface area (Å²) < 4.78 is 31.7. The van der Waals surface area contributed by atoms with Crippen LogP contribution in [0.2, 0.25) is 0 Å². The molecule has 0 saturated carbocycles. The fourth-order valence-corrected chi connectivity index (χ4v) is 3.61. The SMILES string of the molecule is CNC(=O)Cn1cc(-c2cc(C=O)c(O)c(F)c2F)c2c(=O)n3c(nc21)CCC3. The van der Waals surface area contributed by atoms with Gasteiger partial charge >= 0.3 is 0 Å². The maximum atomic E-state index is 14.7. The molecule has 1 amide bonds. The Morgan fingerprint density at radius 2 is 2.10 bits per heavy atom. The Hall–Kier alpha value is -3.56. The third-order valence-corrected chi connectivity index (χ3v) is 5.06. The summed E-state index contributed by atoms with van der Waals surface area (Å²) in [4.78, 5) is 40.6. The van der Waals surface area contributed by atoms with Crippen molar-refractivity contribution in [3.8, 4) is 16.9 Å². The average Bonchev–Trinajstić information content (AvgIpc) is 3.32. The van der Waals surface area contributed by atoms with Gasteiger partial charge in [-0.3, -0.25) is 19.0 Å². The fourth-order valence-electron chi connectivity index (χ4n) is 3.61. The van der Waals surface area contributed by atoms with Crippen LogP contribution >= 0.6 is 0 Å². The standard InChI is InChI=1S/C19H16F2N4O4/c1-22-13(27)7-24-6-11(10-5-9(8-26)17(28)16(21)15(10)20)14-18(24)23-12-3-2-4-25(12)19(14)29/h5-6,8,28H,2-4,7H2,1H3,(H,22,27). The van der Waals surface area contributed by atoms with E-state index in [2.05, 4.69) is 10.3 Å². The minimum absolute atomic E-state index is 0.0110. The van der Waals surface area contributed by atoms with E-state index >= 15 is 0 Å². The first-order valence-corrected chi connectivity index (χ1v) is 8.87. The van der Waals surface area contributed by atoms with Crippen molar-refractivity contribution in [1.82, 2.24) is 19.4 Å². The molecule has 150 valence electrons. The molecule has 29 heavy (non-hydrogen) atoms. The fraction of sp³-hybridized carbons (Fsp3) is 0.263. The smallest absolute Gasteiger partial charge is 0.263 e. The molecule has 1 aliphatic heterocycles. The van der Waals surface area contributed by atoms with Crippen LogP contribution < -0.4 is 10.9 Å². The zero-order valence-corrected chi connectivity index (χ0v) is 15.3. The summed E-state index contributed by atoms with van der Waals surface area (Å²) in [6.45, 7) is 0.259. The maximum absolute atomic E-state index is 14.7. The van der Waals surface area contributed by atoms with Crippen LogP contribution in [-0.2, 0) is 24.3 Å². The Kier molecular flexibility index (Phi) is 4.40. The van der Waals surface area contributed by atoms with Gasteiger partial charge in [-0.25, -0.2) is 9.37 Å². The van der Waals surface area contributed by atoms with E-state index in [-0.39, 0.29) is 40.9 Å². The molecule has 0 bridgehead atoms. The number of aldehydes is 1. The number of halogens is 2. The van der Waals surface area contributed by atoms with Crippen LogP contribution in [0.25, 0.3) is 22.2 Å². The largest absolute Gasteiger partial charge is 0.504 e. The average molecular weight is 402 g/mol. The monoisotopic (exact) mass is 402 g/mol.